The Morgan fingerprint density at radius 2 is 2.26 bits per heavy atom. The third kappa shape index (κ3) is 3.62. The minimum atomic E-state index is -0.104. The van der Waals surface area contributed by atoms with E-state index in [1.54, 1.807) is 23.1 Å². The van der Waals surface area contributed by atoms with Crippen LogP contribution in [0.1, 0.15) is 30.3 Å². The summed E-state index contributed by atoms with van der Waals surface area (Å²) >= 11 is 11.9. The third-order valence-electron chi connectivity index (χ3n) is 3.79. The molecule has 0 aliphatic carbocycles. The molecule has 0 N–H and O–H groups in total. The van der Waals surface area contributed by atoms with E-state index in [2.05, 4.69) is 5.16 Å². The summed E-state index contributed by atoms with van der Waals surface area (Å²) in [5, 5.41) is 4.80. The molecule has 0 spiro atoms. The first-order chi connectivity index (χ1) is 11.0. The predicted molar refractivity (Wildman–Crippen MR) is 86.9 cm³/mol. The highest BCUT2D eigenvalue weighted by molar-refractivity contribution is 6.35. The topological polar surface area (TPSA) is 55.6 Å². The SMILES string of the molecule is Cc1cc(C2CCCN2C(=O)COc2ccc(Cl)cc2Cl)on1. The van der Waals surface area contributed by atoms with Gasteiger partial charge >= 0.3 is 0 Å². The molecule has 1 aromatic heterocycles. The Labute approximate surface area is 144 Å². The molecule has 1 unspecified atom stereocenters. The largest absolute Gasteiger partial charge is 0.482 e. The zero-order valence-electron chi connectivity index (χ0n) is 12.6. The molecule has 0 saturated carbocycles. The summed E-state index contributed by atoms with van der Waals surface area (Å²) in [5.41, 5.74) is 0.809. The number of halogens is 2. The number of aromatic nitrogens is 1. The molecule has 1 amide bonds. The van der Waals surface area contributed by atoms with Gasteiger partial charge in [0.05, 0.1) is 16.8 Å². The van der Waals surface area contributed by atoms with E-state index in [-0.39, 0.29) is 18.6 Å². The van der Waals surface area contributed by atoms with Crippen molar-refractivity contribution in [2.45, 2.75) is 25.8 Å². The highest BCUT2D eigenvalue weighted by Gasteiger charge is 2.32. The summed E-state index contributed by atoms with van der Waals surface area (Å²) in [7, 11) is 0. The van der Waals surface area contributed by atoms with Crippen LogP contribution in [0.15, 0.2) is 28.8 Å². The van der Waals surface area contributed by atoms with Crippen molar-refractivity contribution in [2.24, 2.45) is 0 Å². The number of hydrogen-bond acceptors (Lipinski definition) is 4. The van der Waals surface area contributed by atoms with Gasteiger partial charge in [0.15, 0.2) is 12.4 Å². The number of nitrogens with zero attached hydrogens (tertiary/aromatic N) is 2. The van der Waals surface area contributed by atoms with Crippen LogP contribution in [0.4, 0.5) is 0 Å². The fourth-order valence-corrected chi connectivity index (χ4v) is 3.18. The van der Waals surface area contributed by atoms with Crippen LogP contribution in [0.25, 0.3) is 0 Å². The van der Waals surface area contributed by atoms with E-state index in [1.807, 2.05) is 13.0 Å². The molecule has 3 rings (SSSR count). The number of carbonyl (C=O) groups is 1. The van der Waals surface area contributed by atoms with Crippen molar-refractivity contribution in [3.63, 3.8) is 0 Å². The maximum Gasteiger partial charge on any atom is 0.261 e. The van der Waals surface area contributed by atoms with Gasteiger partial charge in [0.25, 0.3) is 5.91 Å². The molecule has 122 valence electrons. The Bertz CT molecular complexity index is 717. The van der Waals surface area contributed by atoms with Crippen molar-refractivity contribution < 1.29 is 14.1 Å². The van der Waals surface area contributed by atoms with Crippen LogP contribution in [-0.4, -0.2) is 29.1 Å². The van der Waals surface area contributed by atoms with E-state index < -0.39 is 0 Å². The molecule has 1 aliphatic heterocycles. The number of rotatable bonds is 4. The lowest BCUT2D eigenvalue weighted by Gasteiger charge is -2.22. The molecular weight excluding hydrogens is 339 g/mol. The van der Waals surface area contributed by atoms with Crippen LogP contribution >= 0.6 is 23.2 Å². The predicted octanol–water partition coefficient (Wildman–Crippen LogP) is 4.03. The van der Waals surface area contributed by atoms with E-state index in [1.165, 1.54) is 0 Å². The molecule has 1 aliphatic rings. The van der Waals surface area contributed by atoms with E-state index in [4.69, 9.17) is 32.5 Å². The smallest absolute Gasteiger partial charge is 0.261 e. The zero-order valence-corrected chi connectivity index (χ0v) is 14.1. The van der Waals surface area contributed by atoms with Gasteiger partial charge in [0, 0.05) is 17.6 Å². The molecule has 23 heavy (non-hydrogen) atoms. The summed E-state index contributed by atoms with van der Waals surface area (Å²) in [4.78, 5) is 14.2. The van der Waals surface area contributed by atoms with Gasteiger partial charge in [-0.3, -0.25) is 4.79 Å². The number of ether oxygens (including phenoxy) is 1. The maximum atomic E-state index is 12.5. The Morgan fingerprint density at radius 1 is 1.43 bits per heavy atom. The lowest BCUT2D eigenvalue weighted by Crippen LogP contribution is -2.34. The molecule has 1 fully saturated rings. The molecule has 0 bridgehead atoms. The van der Waals surface area contributed by atoms with Crippen LogP contribution in [0.2, 0.25) is 10.0 Å². The maximum absolute atomic E-state index is 12.5. The molecule has 2 heterocycles. The highest BCUT2D eigenvalue weighted by atomic mass is 35.5. The van der Waals surface area contributed by atoms with Gasteiger partial charge in [-0.25, -0.2) is 0 Å². The van der Waals surface area contributed by atoms with Gasteiger partial charge in [-0.05, 0) is 38.0 Å². The van der Waals surface area contributed by atoms with Gasteiger partial charge < -0.3 is 14.2 Å². The van der Waals surface area contributed by atoms with Crippen LogP contribution in [-0.2, 0) is 4.79 Å². The second-order valence-electron chi connectivity index (χ2n) is 5.48. The molecule has 1 saturated heterocycles. The summed E-state index contributed by atoms with van der Waals surface area (Å²) < 4.78 is 10.8. The zero-order chi connectivity index (χ0) is 16.4. The molecule has 5 nitrogen and oxygen atoms in total. The lowest BCUT2D eigenvalue weighted by molar-refractivity contribution is -0.134. The number of amides is 1. The Hall–Kier alpha value is -1.72. The first-order valence-electron chi connectivity index (χ1n) is 7.35. The molecule has 7 heteroatoms. The summed E-state index contributed by atoms with van der Waals surface area (Å²) in [6, 6.07) is 6.70. The first kappa shape index (κ1) is 16.1. The molecular formula is C16H16Cl2N2O3. The first-order valence-corrected chi connectivity index (χ1v) is 8.11. The van der Waals surface area contributed by atoms with Crippen molar-refractivity contribution in [2.75, 3.05) is 13.2 Å². The Balaban J connectivity index is 1.65. The van der Waals surface area contributed by atoms with Crippen molar-refractivity contribution in [1.82, 2.24) is 10.1 Å². The van der Waals surface area contributed by atoms with Crippen molar-refractivity contribution in [1.29, 1.82) is 0 Å². The van der Waals surface area contributed by atoms with E-state index >= 15 is 0 Å². The number of aryl methyl sites for hydroxylation is 1. The van der Waals surface area contributed by atoms with Gasteiger partial charge in [-0.1, -0.05) is 28.4 Å². The van der Waals surface area contributed by atoms with Crippen molar-refractivity contribution in [3.8, 4) is 5.75 Å². The number of carbonyl (C=O) groups excluding carboxylic acids is 1. The number of hydrogen-bond donors (Lipinski definition) is 0. The van der Waals surface area contributed by atoms with Crippen LogP contribution in [0.3, 0.4) is 0 Å². The van der Waals surface area contributed by atoms with Crippen molar-refractivity contribution >= 4 is 29.1 Å². The normalized spacial score (nSPS) is 17.5. The minimum absolute atomic E-state index is 0.0759. The van der Waals surface area contributed by atoms with E-state index in [0.717, 1.165) is 24.3 Å². The van der Waals surface area contributed by atoms with Crippen LogP contribution in [0.5, 0.6) is 5.75 Å². The van der Waals surface area contributed by atoms with Gasteiger partial charge in [-0.15, -0.1) is 0 Å². The van der Waals surface area contributed by atoms with E-state index in [9.17, 15) is 4.79 Å². The summed E-state index contributed by atoms with van der Waals surface area (Å²) in [5.74, 6) is 1.06. The quantitative estimate of drug-likeness (QED) is 0.831. The fraction of sp³-hybridized carbons (Fsp3) is 0.375. The average molecular weight is 355 g/mol. The Morgan fingerprint density at radius 3 is 2.96 bits per heavy atom. The highest BCUT2D eigenvalue weighted by Crippen LogP contribution is 2.33. The summed E-state index contributed by atoms with van der Waals surface area (Å²) in [6.45, 7) is 2.46. The number of benzene rings is 1. The van der Waals surface area contributed by atoms with Crippen molar-refractivity contribution in [3.05, 3.63) is 45.8 Å². The van der Waals surface area contributed by atoms with E-state index in [0.29, 0.717) is 22.3 Å². The monoisotopic (exact) mass is 354 g/mol. The lowest BCUT2D eigenvalue weighted by atomic mass is 10.1. The average Bonchev–Trinajstić information content (AvgIpc) is 3.14. The third-order valence-corrected chi connectivity index (χ3v) is 4.32. The molecule has 2 aromatic rings. The fourth-order valence-electron chi connectivity index (χ4n) is 2.72. The molecule has 1 atom stereocenters. The van der Waals surface area contributed by atoms with Crippen LogP contribution in [0, 0.1) is 6.92 Å². The summed E-state index contributed by atoms with van der Waals surface area (Å²) in [6.07, 6.45) is 1.79. The number of likely N-dealkylation sites (tertiary alicyclic amines) is 1. The van der Waals surface area contributed by atoms with Gasteiger partial charge in [0.2, 0.25) is 0 Å². The van der Waals surface area contributed by atoms with Crippen LogP contribution < -0.4 is 4.74 Å². The van der Waals surface area contributed by atoms with Gasteiger partial charge in [-0.2, -0.15) is 0 Å². The molecule has 0 radical (unpaired) electrons. The second-order valence-corrected chi connectivity index (χ2v) is 6.32. The standard InChI is InChI=1S/C16H16Cl2N2O3/c1-10-7-15(23-19-10)13-3-2-6-20(13)16(21)9-22-14-5-4-11(17)8-12(14)18/h4-5,7-8,13H,2-3,6,9H2,1H3. The second kappa shape index (κ2) is 6.81. The Kier molecular flexibility index (Phi) is 4.78. The minimum Gasteiger partial charge on any atom is -0.482 e. The van der Waals surface area contributed by atoms with Gasteiger partial charge in [0.1, 0.15) is 5.75 Å². The molecule has 1 aromatic carbocycles.